The van der Waals surface area contributed by atoms with Gasteiger partial charge in [0.1, 0.15) is 11.6 Å². The monoisotopic (exact) mass is 381 g/mol. The molecule has 3 aromatic rings. The maximum absolute atomic E-state index is 13.1. The van der Waals surface area contributed by atoms with Gasteiger partial charge in [-0.1, -0.05) is 13.8 Å². The first-order valence-electron chi connectivity index (χ1n) is 9.48. The van der Waals surface area contributed by atoms with Gasteiger partial charge in [-0.25, -0.2) is 9.37 Å². The van der Waals surface area contributed by atoms with Crippen molar-refractivity contribution in [2.24, 2.45) is 0 Å². The summed E-state index contributed by atoms with van der Waals surface area (Å²) in [5, 5.41) is 8.64. The summed E-state index contributed by atoms with van der Waals surface area (Å²) in [5.41, 5.74) is 2.61. The molecule has 0 unspecified atom stereocenters. The summed E-state index contributed by atoms with van der Waals surface area (Å²) in [6, 6.07) is 10.6. The van der Waals surface area contributed by atoms with Gasteiger partial charge >= 0.3 is 0 Å². The van der Waals surface area contributed by atoms with E-state index in [1.807, 2.05) is 12.1 Å². The Morgan fingerprint density at radius 2 is 1.89 bits per heavy atom. The fourth-order valence-electron chi connectivity index (χ4n) is 3.42. The van der Waals surface area contributed by atoms with Gasteiger partial charge in [-0.3, -0.25) is 4.90 Å². The van der Waals surface area contributed by atoms with Gasteiger partial charge in [0.25, 0.3) is 0 Å². The maximum atomic E-state index is 13.1. The van der Waals surface area contributed by atoms with E-state index in [1.54, 1.807) is 12.1 Å². The first-order chi connectivity index (χ1) is 13.5. The summed E-state index contributed by atoms with van der Waals surface area (Å²) >= 11 is 0. The summed E-state index contributed by atoms with van der Waals surface area (Å²) in [4.78, 5) is 8.88. The van der Waals surface area contributed by atoms with Crippen LogP contribution in [-0.4, -0.2) is 46.3 Å². The Kier molecular flexibility index (Phi) is 5.09. The van der Waals surface area contributed by atoms with Crippen molar-refractivity contribution in [3.63, 3.8) is 0 Å². The number of likely N-dealkylation sites (N-methyl/N-ethyl adjacent to an activating group) is 1. The summed E-state index contributed by atoms with van der Waals surface area (Å²) in [7, 11) is 2.12. The minimum Gasteiger partial charge on any atom is -0.448 e. The molecular weight excluding hydrogens is 357 g/mol. The second-order valence-corrected chi connectivity index (χ2v) is 7.58. The highest BCUT2D eigenvalue weighted by atomic mass is 19.1. The Balaban J connectivity index is 1.34. The molecule has 0 aliphatic carbocycles. The largest absolute Gasteiger partial charge is 0.448 e. The molecule has 0 N–H and O–H groups in total. The zero-order valence-electron chi connectivity index (χ0n) is 16.3. The number of halogens is 1. The van der Waals surface area contributed by atoms with E-state index in [9.17, 15) is 4.39 Å². The van der Waals surface area contributed by atoms with Crippen molar-refractivity contribution in [1.29, 1.82) is 0 Å². The summed E-state index contributed by atoms with van der Waals surface area (Å²) in [6.45, 7) is 6.80. The minimum atomic E-state index is -0.254. The van der Waals surface area contributed by atoms with Crippen LogP contribution >= 0.6 is 0 Å². The van der Waals surface area contributed by atoms with E-state index in [1.165, 1.54) is 18.5 Å². The normalized spacial score (nSPS) is 14.7. The third-order valence-electron chi connectivity index (χ3n) is 5.20. The second kappa shape index (κ2) is 7.67. The predicted octanol–water partition coefficient (Wildman–Crippen LogP) is 3.71. The van der Waals surface area contributed by atoms with Crippen molar-refractivity contribution in [2.75, 3.05) is 25.0 Å². The first-order valence-corrected chi connectivity index (χ1v) is 9.48. The van der Waals surface area contributed by atoms with E-state index in [2.05, 4.69) is 45.9 Å². The molecule has 0 radical (unpaired) electrons. The van der Waals surface area contributed by atoms with Crippen molar-refractivity contribution in [3.8, 4) is 11.3 Å². The van der Waals surface area contributed by atoms with Crippen molar-refractivity contribution in [3.05, 3.63) is 60.1 Å². The van der Waals surface area contributed by atoms with Gasteiger partial charge in [0.05, 0.1) is 11.4 Å². The topological polar surface area (TPSA) is 58.3 Å². The summed E-state index contributed by atoms with van der Waals surface area (Å²) < 4.78 is 18.6. The van der Waals surface area contributed by atoms with E-state index in [0.29, 0.717) is 12.0 Å². The van der Waals surface area contributed by atoms with Gasteiger partial charge in [0.15, 0.2) is 12.2 Å². The van der Waals surface area contributed by atoms with Gasteiger partial charge in [-0.05, 0) is 43.4 Å². The lowest BCUT2D eigenvalue weighted by Gasteiger charge is -2.44. The van der Waals surface area contributed by atoms with E-state index in [-0.39, 0.29) is 5.82 Å². The average Bonchev–Trinajstić information content (AvgIpc) is 3.10. The van der Waals surface area contributed by atoms with Gasteiger partial charge in [0.2, 0.25) is 0 Å². The molecule has 0 amide bonds. The number of anilines is 1. The Morgan fingerprint density at radius 1 is 1.14 bits per heavy atom. The average molecular weight is 381 g/mol. The lowest BCUT2D eigenvalue weighted by molar-refractivity contribution is 0.193. The van der Waals surface area contributed by atoms with E-state index < -0.39 is 0 Å². The molecule has 28 heavy (non-hydrogen) atoms. The number of benzene rings is 1. The molecule has 3 heterocycles. The van der Waals surface area contributed by atoms with Crippen LogP contribution in [0.2, 0.25) is 0 Å². The molecule has 146 valence electrons. The number of aromatic nitrogens is 3. The van der Waals surface area contributed by atoms with Crippen LogP contribution < -0.4 is 4.90 Å². The number of rotatable bonds is 6. The van der Waals surface area contributed by atoms with Gasteiger partial charge in [-0.15, -0.1) is 10.2 Å². The van der Waals surface area contributed by atoms with Crippen LogP contribution in [0.15, 0.2) is 47.2 Å². The quantitative estimate of drug-likeness (QED) is 0.649. The molecule has 6 nitrogen and oxygen atoms in total. The molecule has 1 saturated heterocycles. The standard InChI is InChI=1S/C21H24FN5O/c1-14(2)21-19(23-13-28-21)12-26(3)17-10-27(11-17)20-9-8-18(24-25-20)15-4-6-16(22)7-5-15/h4-9,13-14,17H,10-12H2,1-3H3. The molecule has 4 rings (SSSR count). The highest BCUT2D eigenvalue weighted by molar-refractivity contribution is 5.59. The lowest BCUT2D eigenvalue weighted by Crippen LogP contribution is -2.58. The molecule has 1 fully saturated rings. The van der Waals surface area contributed by atoms with Crippen LogP contribution in [0.3, 0.4) is 0 Å². The van der Waals surface area contributed by atoms with E-state index in [0.717, 1.165) is 48.2 Å². The van der Waals surface area contributed by atoms with E-state index in [4.69, 9.17) is 4.42 Å². The van der Waals surface area contributed by atoms with E-state index >= 15 is 0 Å². The summed E-state index contributed by atoms with van der Waals surface area (Å²) in [5.74, 6) is 1.90. The Morgan fingerprint density at radius 3 is 2.54 bits per heavy atom. The van der Waals surface area contributed by atoms with Crippen LogP contribution in [-0.2, 0) is 6.54 Å². The Labute approximate surface area is 164 Å². The van der Waals surface area contributed by atoms with Crippen molar-refractivity contribution in [2.45, 2.75) is 32.4 Å². The molecule has 0 bridgehead atoms. The molecule has 1 aliphatic heterocycles. The zero-order chi connectivity index (χ0) is 19.7. The number of nitrogens with zero attached hydrogens (tertiary/aromatic N) is 5. The number of hydrogen-bond acceptors (Lipinski definition) is 6. The SMILES string of the molecule is CC(C)c1ocnc1CN(C)C1CN(c2ccc(-c3ccc(F)cc3)nn2)C1. The molecule has 2 aromatic heterocycles. The van der Waals surface area contributed by atoms with Crippen LogP contribution in [0.25, 0.3) is 11.3 Å². The number of oxazole rings is 1. The molecular formula is C21H24FN5O. The molecule has 1 aliphatic rings. The fourth-order valence-corrected chi connectivity index (χ4v) is 3.42. The lowest BCUT2D eigenvalue weighted by atomic mass is 10.1. The van der Waals surface area contributed by atoms with Gasteiger partial charge in [0, 0.05) is 37.2 Å². The maximum Gasteiger partial charge on any atom is 0.181 e. The molecule has 0 spiro atoms. The van der Waals surface area contributed by atoms with Crippen molar-refractivity contribution < 1.29 is 8.81 Å². The second-order valence-electron chi connectivity index (χ2n) is 7.58. The molecule has 1 aromatic carbocycles. The van der Waals surface area contributed by atoms with Crippen molar-refractivity contribution in [1.82, 2.24) is 20.1 Å². The zero-order valence-corrected chi connectivity index (χ0v) is 16.3. The smallest absolute Gasteiger partial charge is 0.181 e. The summed E-state index contributed by atoms with van der Waals surface area (Å²) in [6.07, 6.45) is 1.53. The number of hydrogen-bond donors (Lipinski definition) is 0. The Hall–Kier alpha value is -2.80. The van der Waals surface area contributed by atoms with Crippen LogP contribution in [0, 0.1) is 5.82 Å². The fraction of sp³-hybridized carbons (Fsp3) is 0.381. The van der Waals surface area contributed by atoms with Crippen molar-refractivity contribution >= 4 is 5.82 Å². The highest BCUT2D eigenvalue weighted by Crippen LogP contribution is 2.25. The Bertz CT molecular complexity index is 917. The van der Waals surface area contributed by atoms with Crippen LogP contribution in [0.4, 0.5) is 10.2 Å². The molecule has 0 saturated carbocycles. The van der Waals surface area contributed by atoms with Crippen LogP contribution in [0.5, 0.6) is 0 Å². The highest BCUT2D eigenvalue weighted by Gasteiger charge is 2.32. The molecule has 7 heteroatoms. The van der Waals surface area contributed by atoms with Gasteiger partial charge in [-0.2, -0.15) is 0 Å². The van der Waals surface area contributed by atoms with Crippen LogP contribution in [0.1, 0.15) is 31.2 Å². The third kappa shape index (κ3) is 3.75. The van der Waals surface area contributed by atoms with Gasteiger partial charge < -0.3 is 9.32 Å². The third-order valence-corrected chi connectivity index (χ3v) is 5.20. The molecule has 0 atom stereocenters. The first kappa shape index (κ1) is 18.6. The minimum absolute atomic E-state index is 0.254. The predicted molar refractivity (Wildman–Crippen MR) is 105 cm³/mol.